The van der Waals surface area contributed by atoms with E-state index in [2.05, 4.69) is 116 Å². The van der Waals surface area contributed by atoms with E-state index in [1.54, 1.807) is 6.08 Å². The third kappa shape index (κ3) is 56.9. The molecule has 8 nitrogen and oxygen atoms in total. The Hall–Kier alpha value is -2.84. The summed E-state index contributed by atoms with van der Waals surface area (Å²) in [6.07, 6.45) is 80.5. The van der Waals surface area contributed by atoms with Crippen LogP contribution in [0.4, 0.5) is 0 Å². The van der Waals surface area contributed by atoms with Crippen LogP contribution < -0.4 is 10.2 Å². The van der Waals surface area contributed by atoms with Gasteiger partial charge in [-0.15, -0.1) is 0 Å². The lowest BCUT2D eigenvalue weighted by Gasteiger charge is -2.29. The van der Waals surface area contributed by atoms with Gasteiger partial charge in [-0.05, 0) is 83.5 Å². The molecule has 0 aliphatic heterocycles. The number of nitrogens with zero attached hydrogens (tertiary/aromatic N) is 1. The zero-order valence-electron chi connectivity index (χ0n) is 48.5. The fourth-order valence-corrected chi connectivity index (χ4v) is 9.01. The highest BCUT2D eigenvalue weighted by Gasteiger charge is 2.23. The van der Waals surface area contributed by atoms with Gasteiger partial charge in [-0.2, -0.15) is 0 Å². The minimum atomic E-state index is -4.59. The summed E-state index contributed by atoms with van der Waals surface area (Å²) in [5.74, 6) is -0.201. The van der Waals surface area contributed by atoms with Crippen LogP contribution in [-0.2, 0) is 18.4 Å². The second kappa shape index (κ2) is 54.9. The molecule has 0 aliphatic carbocycles. The fourth-order valence-electron chi connectivity index (χ4n) is 8.29. The molecule has 3 unspecified atom stereocenters. The molecule has 0 aromatic carbocycles. The van der Waals surface area contributed by atoms with Crippen LogP contribution in [0.25, 0.3) is 0 Å². The number of amides is 1. The van der Waals surface area contributed by atoms with E-state index in [-0.39, 0.29) is 19.1 Å². The summed E-state index contributed by atoms with van der Waals surface area (Å²) >= 11 is 0. The Balaban J connectivity index is 3.95. The first-order valence-electron chi connectivity index (χ1n) is 30.2. The van der Waals surface area contributed by atoms with E-state index in [4.69, 9.17) is 9.05 Å². The summed E-state index contributed by atoms with van der Waals surface area (Å²) in [4.78, 5) is 25.4. The zero-order chi connectivity index (χ0) is 54.2. The number of quaternary nitrogens is 1. The predicted octanol–water partition coefficient (Wildman–Crippen LogP) is 18.1. The number of hydrogen-bond acceptors (Lipinski definition) is 6. The van der Waals surface area contributed by atoms with Gasteiger partial charge in [0.25, 0.3) is 7.82 Å². The molecule has 1 amide bonds. The largest absolute Gasteiger partial charge is 0.756 e. The number of hydrogen-bond donors (Lipinski definition) is 2. The molecule has 426 valence electrons. The molecule has 0 saturated carbocycles. The molecule has 0 spiro atoms. The standard InChI is InChI=1S/C65H115N2O6P/c1-6-8-10-12-14-16-18-19-20-21-22-23-24-25-26-27-28-29-30-31-32-33-34-35-36-37-38-39-40-41-42-43-44-45-46-47-49-51-53-55-57-59-65(69)66-63(62-73-74(70,71)72-61-60-67(3,4)5)64(68)58-56-54-52-50-48-17-15-13-11-9-7-2/h8,10,14,16,19-20,22-23,25-26,28-29,31-32,34-35,56,58,63-64,68H,6-7,9,11-13,15,17-18,21,24,27,30,33,36-55,57,59-62H2,1-5H3,(H-,66,69,70,71)/b10-8-,16-14-,20-19-,23-22-,26-25-,29-28-,32-31-,35-34-,58-56+. The van der Waals surface area contributed by atoms with Crippen LogP contribution in [0.15, 0.2) is 109 Å². The fraction of sp³-hybridized carbons (Fsp3) is 0.708. The Morgan fingerprint density at radius 2 is 0.824 bits per heavy atom. The lowest BCUT2D eigenvalue weighted by Crippen LogP contribution is -2.45. The number of aliphatic hydroxyl groups excluding tert-OH is 1. The summed E-state index contributed by atoms with van der Waals surface area (Å²) in [5.41, 5.74) is 0. The van der Waals surface area contributed by atoms with Crippen LogP contribution in [-0.4, -0.2) is 68.5 Å². The topological polar surface area (TPSA) is 108 Å². The lowest BCUT2D eigenvalue weighted by atomic mass is 10.0. The highest BCUT2D eigenvalue weighted by atomic mass is 31.2. The first-order valence-corrected chi connectivity index (χ1v) is 31.7. The van der Waals surface area contributed by atoms with Gasteiger partial charge in [0.15, 0.2) is 0 Å². The number of rotatable bonds is 54. The predicted molar refractivity (Wildman–Crippen MR) is 320 cm³/mol. The van der Waals surface area contributed by atoms with Crippen molar-refractivity contribution in [3.63, 3.8) is 0 Å². The van der Waals surface area contributed by atoms with Crippen molar-refractivity contribution in [3.8, 4) is 0 Å². The number of allylic oxidation sites excluding steroid dienone is 17. The van der Waals surface area contributed by atoms with Gasteiger partial charge in [0.1, 0.15) is 13.2 Å². The SMILES string of the molecule is CC/C=C\C/C=C\C/C=C\C/C=C\C/C=C\C/C=C\C/C=C\C/C=C\CCCCCCCCCCCCCCCCCCC(=O)NC(COP(=O)([O-])OCC[N+](C)(C)C)C(O)/C=C/CCCCCCCCCCC. The van der Waals surface area contributed by atoms with Crippen molar-refractivity contribution in [3.05, 3.63) is 109 Å². The first kappa shape index (κ1) is 71.2. The quantitative estimate of drug-likeness (QED) is 0.0272. The molecule has 0 bridgehead atoms. The Bertz CT molecular complexity index is 1570. The summed E-state index contributed by atoms with van der Waals surface area (Å²) in [6, 6.07) is -0.889. The smallest absolute Gasteiger partial charge is 0.268 e. The normalized spacial score (nSPS) is 14.6. The molecule has 0 aromatic rings. The number of likely N-dealkylation sites (N-methyl/N-ethyl adjacent to an activating group) is 1. The Kier molecular flexibility index (Phi) is 52.8. The van der Waals surface area contributed by atoms with Crippen LogP contribution >= 0.6 is 7.82 Å². The third-order valence-corrected chi connectivity index (χ3v) is 14.0. The number of phosphoric acid groups is 1. The van der Waals surface area contributed by atoms with E-state index in [9.17, 15) is 19.4 Å². The first-order chi connectivity index (χ1) is 36.0. The van der Waals surface area contributed by atoms with E-state index >= 15 is 0 Å². The number of carbonyl (C=O) groups excluding carboxylic acids is 1. The van der Waals surface area contributed by atoms with Crippen molar-refractivity contribution in [2.75, 3.05) is 40.9 Å². The molecule has 2 N–H and O–H groups in total. The van der Waals surface area contributed by atoms with Crippen LogP contribution in [0.3, 0.4) is 0 Å². The molecule has 3 atom stereocenters. The summed E-state index contributed by atoms with van der Waals surface area (Å²) < 4.78 is 23.3. The van der Waals surface area contributed by atoms with E-state index < -0.39 is 20.0 Å². The molecule has 0 fully saturated rings. The second-order valence-electron chi connectivity index (χ2n) is 21.3. The summed E-state index contributed by atoms with van der Waals surface area (Å²) in [5, 5.41) is 13.8. The van der Waals surface area contributed by atoms with Crippen molar-refractivity contribution in [1.82, 2.24) is 5.32 Å². The molecular weight excluding hydrogens is 936 g/mol. The van der Waals surface area contributed by atoms with Crippen molar-refractivity contribution in [1.29, 1.82) is 0 Å². The third-order valence-electron chi connectivity index (χ3n) is 13.0. The van der Waals surface area contributed by atoms with Gasteiger partial charge in [0.2, 0.25) is 5.91 Å². The average molecular weight is 1050 g/mol. The van der Waals surface area contributed by atoms with Crippen molar-refractivity contribution in [2.24, 2.45) is 0 Å². The molecule has 0 heterocycles. The van der Waals surface area contributed by atoms with Gasteiger partial charge in [0.05, 0.1) is 39.9 Å². The van der Waals surface area contributed by atoms with Crippen molar-refractivity contribution >= 4 is 13.7 Å². The number of phosphoric ester groups is 1. The van der Waals surface area contributed by atoms with Crippen molar-refractivity contribution in [2.45, 2.75) is 257 Å². The molecule has 9 heteroatoms. The van der Waals surface area contributed by atoms with E-state index in [0.29, 0.717) is 17.4 Å². The highest BCUT2D eigenvalue weighted by Crippen LogP contribution is 2.38. The molecule has 0 saturated heterocycles. The van der Waals surface area contributed by atoms with E-state index in [1.165, 1.54) is 135 Å². The van der Waals surface area contributed by atoms with Gasteiger partial charge in [-0.1, -0.05) is 264 Å². The summed E-state index contributed by atoms with van der Waals surface area (Å²) in [6.45, 7) is 4.51. The van der Waals surface area contributed by atoms with Gasteiger partial charge in [0, 0.05) is 6.42 Å². The Morgan fingerprint density at radius 1 is 0.486 bits per heavy atom. The minimum absolute atomic E-state index is 0.00386. The Morgan fingerprint density at radius 3 is 1.20 bits per heavy atom. The number of carbonyl (C=O) groups is 1. The maximum absolute atomic E-state index is 12.9. The van der Waals surface area contributed by atoms with Gasteiger partial charge >= 0.3 is 0 Å². The van der Waals surface area contributed by atoms with Gasteiger partial charge in [-0.25, -0.2) is 0 Å². The molecular formula is C65H115N2O6P. The van der Waals surface area contributed by atoms with E-state index in [0.717, 1.165) is 89.9 Å². The van der Waals surface area contributed by atoms with Crippen LogP contribution in [0.1, 0.15) is 245 Å². The maximum Gasteiger partial charge on any atom is 0.268 e. The van der Waals surface area contributed by atoms with Crippen LogP contribution in [0, 0.1) is 0 Å². The minimum Gasteiger partial charge on any atom is -0.756 e. The van der Waals surface area contributed by atoms with Gasteiger partial charge < -0.3 is 28.8 Å². The highest BCUT2D eigenvalue weighted by molar-refractivity contribution is 7.45. The lowest BCUT2D eigenvalue weighted by molar-refractivity contribution is -0.870. The maximum atomic E-state index is 12.9. The second-order valence-corrected chi connectivity index (χ2v) is 22.7. The van der Waals surface area contributed by atoms with Crippen LogP contribution in [0.2, 0.25) is 0 Å². The van der Waals surface area contributed by atoms with E-state index in [1.807, 2.05) is 27.2 Å². The summed E-state index contributed by atoms with van der Waals surface area (Å²) in [7, 11) is 1.25. The Labute approximate surface area is 457 Å². The zero-order valence-corrected chi connectivity index (χ0v) is 49.4. The van der Waals surface area contributed by atoms with Crippen LogP contribution in [0.5, 0.6) is 0 Å². The number of nitrogens with one attached hydrogen (secondary N) is 1. The van der Waals surface area contributed by atoms with Crippen molar-refractivity contribution < 1.29 is 32.9 Å². The van der Waals surface area contributed by atoms with Gasteiger partial charge in [-0.3, -0.25) is 9.36 Å². The molecule has 0 rings (SSSR count). The molecule has 0 radical (unpaired) electrons. The molecule has 74 heavy (non-hydrogen) atoms. The number of unbranched alkanes of at least 4 members (excludes halogenated alkanes) is 25. The average Bonchev–Trinajstić information content (AvgIpc) is 3.36. The molecule has 0 aromatic heterocycles. The number of aliphatic hydroxyl groups is 1. The molecule has 0 aliphatic rings. The monoisotopic (exact) mass is 1050 g/mol.